The summed E-state index contributed by atoms with van der Waals surface area (Å²) in [6, 6.07) is 6.33. The second kappa shape index (κ2) is 12.3. The third-order valence-electron chi connectivity index (χ3n) is 10.8. The Morgan fingerprint density at radius 3 is 2.49 bits per heavy atom. The van der Waals surface area contributed by atoms with Crippen LogP contribution in [0.15, 0.2) is 46.1 Å². The van der Waals surface area contributed by atoms with Gasteiger partial charge >= 0.3 is 0 Å². The summed E-state index contributed by atoms with van der Waals surface area (Å²) in [5, 5.41) is 23.1. The average Bonchev–Trinajstić information content (AvgIpc) is 3.82. The number of methoxy groups -OCH3 is 1. The second-order valence-corrected chi connectivity index (χ2v) is 13.7. The Balaban J connectivity index is 1.14. The van der Waals surface area contributed by atoms with E-state index >= 15 is 0 Å². The summed E-state index contributed by atoms with van der Waals surface area (Å²) in [6.07, 6.45) is 6.26. The molecule has 5 aromatic rings. The number of hydrogen-bond donors (Lipinski definition) is 2. The molecule has 9 rings (SSSR count). The van der Waals surface area contributed by atoms with Crippen molar-refractivity contribution in [2.45, 2.75) is 69.6 Å². The molecular formula is C35H38FN9O6. The normalized spacial score (nSPS) is 21.8. The van der Waals surface area contributed by atoms with E-state index in [0.717, 1.165) is 0 Å². The Labute approximate surface area is 291 Å². The number of amides is 2. The number of pyridine rings is 2. The van der Waals surface area contributed by atoms with Gasteiger partial charge in [-0.3, -0.25) is 14.4 Å². The fraction of sp³-hybridized carbons (Fsp3) is 0.457. The number of phenolic OH excluding ortho intramolecular Hbond substituents is 1. The fourth-order valence-electron chi connectivity index (χ4n) is 7.95. The number of carbonyl (C=O) groups is 2. The van der Waals surface area contributed by atoms with Crippen molar-refractivity contribution >= 4 is 39.8 Å². The lowest BCUT2D eigenvalue weighted by atomic mass is 9.64. The lowest BCUT2D eigenvalue weighted by Crippen LogP contribution is -2.58. The molecule has 15 nitrogen and oxygen atoms in total. The number of piperazine rings is 1. The van der Waals surface area contributed by atoms with Crippen molar-refractivity contribution < 1.29 is 28.2 Å². The highest BCUT2D eigenvalue weighted by Crippen LogP contribution is 2.49. The number of nitrogens with zero attached hydrogens (tertiary/aromatic N) is 8. The molecule has 0 unspecified atom stereocenters. The SMILES string of the molecule is CCc1c(N2CCN(C(=O)c3c(O)ccc4ncoc34)CC2)c(=O)c2nn(-c3ccnc(OC)c3)nc2n1CC(=O)NC12CCC(F)(CC1)CC2. The van der Waals surface area contributed by atoms with Crippen LogP contribution in [0.25, 0.3) is 28.0 Å². The Bertz CT molecular complexity index is 2210. The van der Waals surface area contributed by atoms with Crippen LogP contribution >= 0.6 is 0 Å². The van der Waals surface area contributed by atoms with Gasteiger partial charge in [-0.25, -0.2) is 14.4 Å². The van der Waals surface area contributed by atoms with E-state index in [1.165, 1.54) is 24.4 Å². The summed E-state index contributed by atoms with van der Waals surface area (Å²) in [4.78, 5) is 55.0. The number of phenols is 1. The van der Waals surface area contributed by atoms with Crippen LogP contribution < -0.4 is 20.4 Å². The molecule has 1 saturated heterocycles. The van der Waals surface area contributed by atoms with Crippen molar-refractivity contribution in [3.05, 3.63) is 58.3 Å². The molecule has 3 aliphatic carbocycles. The number of ether oxygens (including phenoxy) is 1. The lowest BCUT2D eigenvalue weighted by molar-refractivity contribution is -0.126. The summed E-state index contributed by atoms with van der Waals surface area (Å²) in [6.45, 7) is 2.93. The monoisotopic (exact) mass is 699 g/mol. The standard InChI is InChI=1S/C35H38FN9O6/c1-3-23-29(42-14-16-43(17-15-42)33(49)27-24(46)5-4-22-31(27)51-20-38-22)30(48)28-32(41-45(40-28)21-6-13-37-26(18-21)50-2)44(23)19-25(47)39-35-10-7-34(36,8-11-35)9-12-35/h4-6,13,18,20,46H,3,7-12,14-17,19H2,1-2H3,(H,39,47). The molecule has 1 aromatic carbocycles. The number of aromatic nitrogens is 6. The molecule has 266 valence electrons. The summed E-state index contributed by atoms with van der Waals surface area (Å²) in [5.74, 6) is -0.507. The molecule has 4 aliphatic rings. The van der Waals surface area contributed by atoms with Gasteiger partial charge in [0.1, 0.15) is 34.7 Å². The minimum atomic E-state index is -1.13. The van der Waals surface area contributed by atoms with Gasteiger partial charge in [-0.1, -0.05) is 6.92 Å². The average molecular weight is 700 g/mol. The Morgan fingerprint density at radius 2 is 1.78 bits per heavy atom. The number of nitrogens with one attached hydrogen (secondary N) is 1. The molecule has 3 saturated carbocycles. The van der Waals surface area contributed by atoms with Crippen LogP contribution in [0.5, 0.6) is 11.6 Å². The molecule has 0 spiro atoms. The molecule has 2 N–H and O–H groups in total. The zero-order valence-electron chi connectivity index (χ0n) is 28.4. The number of benzene rings is 1. The van der Waals surface area contributed by atoms with Crippen molar-refractivity contribution in [1.29, 1.82) is 0 Å². The highest BCUT2D eigenvalue weighted by atomic mass is 19.1. The minimum absolute atomic E-state index is 0.0412. The van der Waals surface area contributed by atoms with E-state index in [-0.39, 0.29) is 59.0 Å². The highest BCUT2D eigenvalue weighted by Gasteiger charge is 2.49. The van der Waals surface area contributed by atoms with E-state index < -0.39 is 17.1 Å². The molecule has 2 bridgehead atoms. The number of fused-ring (bicyclic) bond motifs is 5. The summed E-state index contributed by atoms with van der Waals surface area (Å²) < 4.78 is 27.4. The molecule has 1 aliphatic heterocycles. The largest absolute Gasteiger partial charge is 0.507 e. The third kappa shape index (κ3) is 5.62. The highest BCUT2D eigenvalue weighted by molar-refractivity contribution is 6.06. The third-order valence-corrected chi connectivity index (χ3v) is 10.8. The lowest BCUT2D eigenvalue weighted by Gasteiger charge is -2.50. The van der Waals surface area contributed by atoms with Gasteiger partial charge in [-0.15, -0.1) is 15.0 Å². The van der Waals surface area contributed by atoms with Crippen molar-refractivity contribution in [1.82, 2.24) is 39.7 Å². The topological polar surface area (TPSA) is 174 Å². The maximum Gasteiger partial charge on any atom is 0.261 e. The molecule has 51 heavy (non-hydrogen) atoms. The number of alkyl halides is 1. The Hall–Kier alpha value is -5.54. The van der Waals surface area contributed by atoms with E-state index in [4.69, 9.17) is 14.3 Å². The van der Waals surface area contributed by atoms with Crippen LogP contribution in [-0.2, 0) is 17.8 Å². The minimum Gasteiger partial charge on any atom is -0.507 e. The summed E-state index contributed by atoms with van der Waals surface area (Å²) in [7, 11) is 1.50. The van der Waals surface area contributed by atoms with Gasteiger partial charge in [0.25, 0.3) is 5.91 Å². The first-order valence-corrected chi connectivity index (χ1v) is 17.2. The van der Waals surface area contributed by atoms with Crippen molar-refractivity contribution in [2.75, 3.05) is 38.2 Å². The molecular weight excluding hydrogens is 661 g/mol. The van der Waals surface area contributed by atoms with Gasteiger partial charge < -0.3 is 33.9 Å². The summed E-state index contributed by atoms with van der Waals surface area (Å²) in [5.41, 5.74) is 0.645. The second-order valence-electron chi connectivity index (χ2n) is 13.7. The number of aromatic hydroxyl groups is 1. The molecule has 2 amide bonds. The number of oxazole rings is 1. The number of anilines is 1. The van der Waals surface area contributed by atoms with Gasteiger partial charge in [0.2, 0.25) is 17.2 Å². The van der Waals surface area contributed by atoms with Gasteiger partial charge in [0, 0.05) is 49.7 Å². The first kappa shape index (κ1) is 32.7. The van der Waals surface area contributed by atoms with Crippen LogP contribution in [0.3, 0.4) is 0 Å². The number of rotatable bonds is 8. The Morgan fingerprint density at radius 1 is 1.04 bits per heavy atom. The predicted molar refractivity (Wildman–Crippen MR) is 183 cm³/mol. The number of hydrogen-bond acceptors (Lipinski definition) is 11. The maximum atomic E-state index is 14.9. The zero-order valence-corrected chi connectivity index (χ0v) is 28.4. The van der Waals surface area contributed by atoms with E-state index in [0.29, 0.717) is 86.5 Å². The fourth-order valence-corrected chi connectivity index (χ4v) is 7.95. The van der Waals surface area contributed by atoms with Crippen molar-refractivity contribution in [3.8, 4) is 17.3 Å². The van der Waals surface area contributed by atoms with Gasteiger partial charge in [-0.2, -0.15) is 0 Å². The maximum absolute atomic E-state index is 14.9. The molecule has 4 aromatic heterocycles. The van der Waals surface area contributed by atoms with E-state index in [2.05, 4.69) is 20.4 Å². The van der Waals surface area contributed by atoms with Crippen LogP contribution in [0.4, 0.5) is 10.1 Å². The van der Waals surface area contributed by atoms with Gasteiger partial charge in [0.15, 0.2) is 23.1 Å². The first-order valence-electron chi connectivity index (χ1n) is 17.2. The summed E-state index contributed by atoms with van der Waals surface area (Å²) >= 11 is 0. The van der Waals surface area contributed by atoms with Crippen molar-refractivity contribution in [2.24, 2.45) is 0 Å². The Kier molecular flexibility index (Phi) is 7.91. The smallest absolute Gasteiger partial charge is 0.261 e. The molecule has 0 radical (unpaired) electrons. The quantitative estimate of drug-likeness (QED) is 0.243. The van der Waals surface area contributed by atoms with Crippen LogP contribution in [0.1, 0.15) is 61.5 Å². The van der Waals surface area contributed by atoms with Crippen LogP contribution in [0, 0.1) is 0 Å². The number of halogens is 1. The number of carbonyl (C=O) groups excluding carboxylic acids is 2. The molecule has 0 atom stereocenters. The predicted octanol–water partition coefficient (Wildman–Crippen LogP) is 3.29. The van der Waals surface area contributed by atoms with Crippen molar-refractivity contribution in [3.63, 3.8) is 0 Å². The van der Waals surface area contributed by atoms with E-state index in [1.54, 1.807) is 33.9 Å². The van der Waals surface area contributed by atoms with E-state index in [9.17, 15) is 23.9 Å². The molecule has 5 heterocycles. The first-order chi connectivity index (χ1) is 24.6. The van der Waals surface area contributed by atoms with Gasteiger partial charge in [0.05, 0.1) is 12.8 Å². The van der Waals surface area contributed by atoms with Crippen LogP contribution in [0.2, 0.25) is 0 Å². The molecule has 4 fully saturated rings. The van der Waals surface area contributed by atoms with Gasteiger partial charge in [-0.05, 0) is 63.1 Å². The zero-order chi connectivity index (χ0) is 35.5. The van der Waals surface area contributed by atoms with Crippen LogP contribution in [-0.4, -0.2) is 95.8 Å². The van der Waals surface area contributed by atoms with E-state index in [1.807, 2.05) is 11.8 Å². The molecule has 16 heteroatoms.